The maximum Gasteiger partial charge on any atom is 0.259 e. The number of carbonyl (C=O) groups excluding carboxylic acids is 1. The standard InChI is InChI=1S/C24H18Cl2N4O4S/c25-20-5-2-16(11-19(20)23-6-1-15-13-27-8-7-22(15)29-23)28-24(31)18-4-3-17(12-21(18)26)30-9-10-34-14-35(30,32)33/h1-8,11-13H,9-10,14H2,(H,28,31). The van der Waals surface area contributed by atoms with E-state index in [4.69, 9.17) is 27.9 Å². The maximum atomic E-state index is 13.0. The number of hydrogen-bond donors (Lipinski definition) is 1. The van der Waals surface area contributed by atoms with Gasteiger partial charge in [0.25, 0.3) is 15.9 Å². The first kappa shape index (κ1) is 23.5. The second-order valence-corrected chi connectivity index (χ2v) is 10.4. The number of nitrogens with one attached hydrogen (secondary N) is 1. The number of ether oxygens (including phenoxy) is 1. The summed E-state index contributed by atoms with van der Waals surface area (Å²) in [5.41, 5.74) is 3.16. The lowest BCUT2D eigenvalue weighted by molar-refractivity contribution is 0.102. The number of pyridine rings is 2. The molecule has 1 amide bonds. The monoisotopic (exact) mass is 528 g/mol. The van der Waals surface area contributed by atoms with Gasteiger partial charge < -0.3 is 10.1 Å². The molecular weight excluding hydrogens is 511 g/mol. The van der Waals surface area contributed by atoms with Gasteiger partial charge in [-0.25, -0.2) is 13.4 Å². The zero-order chi connectivity index (χ0) is 24.6. The largest absolute Gasteiger partial charge is 0.362 e. The topological polar surface area (TPSA) is 101 Å². The molecule has 0 unspecified atom stereocenters. The molecule has 0 saturated carbocycles. The number of sulfonamides is 1. The van der Waals surface area contributed by atoms with E-state index in [1.807, 2.05) is 18.2 Å². The summed E-state index contributed by atoms with van der Waals surface area (Å²) in [6.07, 6.45) is 3.40. The number of hydrogen-bond acceptors (Lipinski definition) is 6. The highest BCUT2D eigenvalue weighted by atomic mass is 35.5. The van der Waals surface area contributed by atoms with Crippen molar-refractivity contribution in [2.45, 2.75) is 0 Å². The van der Waals surface area contributed by atoms with E-state index in [0.717, 1.165) is 10.9 Å². The predicted octanol–water partition coefficient (Wildman–Crippen LogP) is 4.98. The summed E-state index contributed by atoms with van der Waals surface area (Å²) in [6.45, 7) is 0.456. The number of anilines is 2. The van der Waals surface area contributed by atoms with Crippen LogP contribution in [0.4, 0.5) is 11.4 Å². The molecule has 178 valence electrons. The lowest BCUT2D eigenvalue weighted by Crippen LogP contribution is -2.41. The van der Waals surface area contributed by atoms with Crippen molar-refractivity contribution in [3.63, 3.8) is 0 Å². The van der Waals surface area contributed by atoms with E-state index in [1.54, 1.807) is 36.7 Å². The predicted molar refractivity (Wildman–Crippen MR) is 136 cm³/mol. The Bertz CT molecular complexity index is 1560. The van der Waals surface area contributed by atoms with Crippen molar-refractivity contribution in [1.29, 1.82) is 0 Å². The fourth-order valence-corrected chi connectivity index (χ4v) is 5.48. The summed E-state index contributed by atoms with van der Waals surface area (Å²) in [5.74, 6) is -0.841. The number of fused-ring (bicyclic) bond motifs is 1. The molecule has 0 spiro atoms. The Morgan fingerprint density at radius 3 is 2.69 bits per heavy atom. The number of carbonyl (C=O) groups is 1. The number of rotatable bonds is 4. The van der Waals surface area contributed by atoms with E-state index < -0.39 is 21.9 Å². The minimum Gasteiger partial charge on any atom is -0.362 e. The van der Waals surface area contributed by atoms with E-state index in [-0.39, 0.29) is 23.7 Å². The Morgan fingerprint density at radius 2 is 1.89 bits per heavy atom. The molecule has 0 atom stereocenters. The Kier molecular flexibility index (Phi) is 6.33. The van der Waals surface area contributed by atoms with Crippen LogP contribution >= 0.6 is 23.2 Å². The van der Waals surface area contributed by atoms with E-state index in [9.17, 15) is 13.2 Å². The van der Waals surface area contributed by atoms with Crippen LogP contribution in [0.3, 0.4) is 0 Å². The number of halogens is 2. The van der Waals surface area contributed by atoms with Gasteiger partial charge >= 0.3 is 0 Å². The first-order valence-corrected chi connectivity index (χ1v) is 12.9. The second kappa shape index (κ2) is 9.43. The molecular formula is C24H18Cl2N4O4S. The Labute approximate surface area is 211 Å². The van der Waals surface area contributed by atoms with Crippen LogP contribution in [0.2, 0.25) is 10.0 Å². The Morgan fingerprint density at radius 1 is 1.03 bits per heavy atom. The van der Waals surface area contributed by atoms with Crippen LogP contribution in [0.25, 0.3) is 22.2 Å². The quantitative estimate of drug-likeness (QED) is 0.400. The summed E-state index contributed by atoms with van der Waals surface area (Å²) in [6, 6.07) is 15.1. The van der Waals surface area contributed by atoms with Crippen LogP contribution in [0.5, 0.6) is 0 Å². The van der Waals surface area contributed by atoms with Gasteiger partial charge in [0.15, 0.2) is 5.94 Å². The van der Waals surface area contributed by atoms with Crippen molar-refractivity contribution < 1.29 is 17.9 Å². The van der Waals surface area contributed by atoms with Gasteiger partial charge in [0.2, 0.25) is 0 Å². The van der Waals surface area contributed by atoms with Crippen molar-refractivity contribution in [2.75, 3.05) is 28.7 Å². The summed E-state index contributed by atoms with van der Waals surface area (Å²) < 4.78 is 30.8. The van der Waals surface area contributed by atoms with Gasteiger partial charge in [0, 0.05) is 29.0 Å². The average Bonchev–Trinajstić information content (AvgIpc) is 2.84. The van der Waals surface area contributed by atoms with Gasteiger partial charge in [0.1, 0.15) is 0 Å². The van der Waals surface area contributed by atoms with Crippen molar-refractivity contribution in [3.8, 4) is 11.3 Å². The van der Waals surface area contributed by atoms with Crippen LogP contribution in [-0.4, -0.2) is 43.4 Å². The van der Waals surface area contributed by atoms with Crippen molar-refractivity contribution >= 4 is 61.4 Å². The third kappa shape index (κ3) is 4.81. The van der Waals surface area contributed by atoms with Crippen molar-refractivity contribution in [3.05, 3.63) is 82.6 Å². The SMILES string of the molecule is O=C(Nc1ccc(Cl)c(-c2ccc3cnccc3n2)c1)c1ccc(N2CCOCS2(=O)=O)cc1Cl. The molecule has 1 aliphatic heterocycles. The first-order valence-electron chi connectivity index (χ1n) is 10.5. The fourth-order valence-electron chi connectivity index (χ4n) is 3.76. The van der Waals surface area contributed by atoms with E-state index in [0.29, 0.717) is 27.7 Å². The van der Waals surface area contributed by atoms with Crippen LogP contribution in [0.1, 0.15) is 10.4 Å². The van der Waals surface area contributed by atoms with Gasteiger partial charge in [-0.3, -0.25) is 14.1 Å². The molecule has 5 rings (SSSR count). The highest BCUT2D eigenvalue weighted by Gasteiger charge is 2.27. The third-order valence-electron chi connectivity index (χ3n) is 5.48. The molecule has 1 fully saturated rings. The van der Waals surface area contributed by atoms with Crippen LogP contribution in [0.15, 0.2) is 67.0 Å². The Balaban J connectivity index is 1.40. The molecule has 1 N–H and O–H groups in total. The molecule has 11 heteroatoms. The number of amides is 1. The Hall–Kier alpha value is -3.24. The first-order chi connectivity index (χ1) is 16.8. The molecule has 2 aromatic heterocycles. The van der Waals surface area contributed by atoms with Crippen molar-refractivity contribution in [1.82, 2.24) is 9.97 Å². The van der Waals surface area contributed by atoms with Crippen molar-refractivity contribution in [2.24, 2.45) is 0 Å². The fraction of sp³-hybridized carbons (Fsp3) is 0.125. The van der Waals surface area contributed by atoms with Gasteiger partial charge in [0.05, 0.1) is 45.7 Å². The summed E-state index contributed by atoms with van der Waals surface area (Å²) in [7, 11) is -3.59. The highest BCUT2D eigenvalue weighted by molar-refractivity contribution is 7.92. The highest BCUT2D eigenvalue weighted by Crippen LogP contribution is 2.32. The van der Waals surface area contributed by atoms with Gasteiger partial charge in [-0.1, -0.05) is 23.2 Å². The zero-order valence-electron chi connectivity index (χ0n) is 18.1. The summed E-state index contributed by atoms with van der Waals surface area (Å²) in [4.78, 5) is 21.7. The van der Waals surface area contributed by atoms with Gasteiger partial charge in [-0.15, -0.1) is 0 Å². The molecule has 3 heterocycles. The molecule has 8 nitrogen and oxygen atoms in total. The van der Waals surface area contributed by atoms with E-state index in [1.165, 1.54) is 16.4 Å². The lowest BCUT2D eigenvalue weighted by Gasteiger charge is -2.28. The van der Waals surface area contributed by atoms with E-state index >= 15 is 0 Å². The summed E-state index contributed by atoms with van der Waals surface area (Å²) in [5, 5.41) is 4.33. The normalized spacial score (nSPS) is 15.2. The molecule has 2 aromatic carbocycles. The molecule has 0 bridgehead atoms. The minimum atomic E-state index is -3.59. The number of nitrogens with zero attached hydrogens (tertiary/aromatic N) is 3. The molecule has 4 aromatic rings. The van der Waals surface area contributed by atoms with Gasteiger partial charge in [-0.05, 0) is 54.6 Å². The van der Waals surface area contributed by atoms with Crippen LogP contribution in [-0.2, 0) is 14.8 Å². The average molecular weight is 529 g/mol. The molecule has 0 radical (unpaired) electrons. The molecule has 0 aliphatic carbocycles. The maximum absolute atomic E-state index is 13.0. The smallest absolute Gasteiger partial charge is 0.259 e. The second-order valence-electron chi connectivity index (χ2n) is 7.79. The lowest BCUT2D eigenvalue weighted by atomic mass is 10.1. The van der Waals surface area contributed by atoms with Crippen LogP contribution < -0.4 is 9.62 Å². The zero-order valence-corrected chi connectivity index (χ0v) is 20.4. The van der Waals surface area contributed by atoms with Gasteiger partial charge in [-0.2, -0.15) is 0 Å². The van der Waals surface area contributed by atoms with Crippen LogP contribution in [0, 0.1) is 0 Å². The molecule has 1 aliphatic rings. The minimum absolute atomic E-state index is 0.126. The van der Waals surface area contributed by atoms with E-state index in [2.05, 4.69) is 15.3 Å². The summed E-state index contributed by atoms with van der Waals surface area (Å²) >= 11 is 12.8. The third-order valence-corrected chi connectivity index (χ3v) is 7.65. The molecule has 35 heavy (non-hydrogen) atoms. The number of benzene rings is 2. The number of aromatic nitrogens is 2. The molecule has 1 saturated heterocycles.